The summed E-state index contributed by atoms with van der Waals surface area (Å²) in [7, 11) is 0. The van der Waals surface area contributed by atoms with Crippen LogP contribution in [0.5, 0.6) is 0 Å². The fourth-order valence-electron chi connectivity index (χ4n) is 2.68. The Labute approximate surface area is 175 Å². The number of ether oxygens (including phenoxy) is 1. The van der Waals surface area contributed by atoms with Gasteiger partial charge in [0.05, 0.1) is 12.2 Å². The van der Waals surface area contributed by atoms with Gasteiger partial charge in [0, 0.05) is 16.5 Å². The third-order valence-corrected chi connectivity index (χ3v) is 4.88. The van der Waals surface area contributed by atoms with Crippen molar-refractivity contribution in [1.29, 1.82) is 0 Å². The van der Waals surface area contributed by atoms with Crippen LogP contribution in [-0.4, -0.2) is 34.9 Å². The minimum absolute atomic E-state index is 0.0901. The van der Waals surface area contributed by atoms with Crippen LogP contribution in [0.25, 0.3) is 11.3 Å². The zero-order valence-corrected chi connectivity index (χ0v) is 16.7. The fraction of sp³-hybridized carbons (Fsp3) is 0.190. The molecule has 30 heavy (non-hydrogen) atoms. The first-order valence-electron chi connectivity index (χ1n) is 8.90. The number of nitrogens with zero attached hydrogens (tertiary/aromatic N) is 2. The minimum atomic E-state index is -5.07. The predicted molar refractivity (Wildman–Crippen MR) is 109 cm³/mol. The van der Waals surface area contributed by atoms with Crippen molar-refractivity contribution in [1.82, 2.24) is 9.97 Å². The van der Waals surface area contributed by atoms with Crippen molar-refractivity contribution in [2.75, 3.05) is 18.1 Å². The molecule has 0 aliphatic rings. The van der Waals surface area contributed by atoms with Gasteiger partial charge < -0.3 is 10.1 Å². The second-order valence-corrected chi connectivity index (χ2v) is 7.08. The predicted octanol–water partition coefficient (Wildman–Crippen LogP) is 5.12. The molecule has 0 bridgehead atoms. The Morgan fingerprint density at radius 2 is 1.87 bits per heavy atom. The number of thioether (sulfide) groups is 1. The van der Waals surface area contributed by atoms with Crippen molar-refractivity contribution in [2.45, 2.75) is 17.2 Å². The molecule has 0 fully saturated rings. The standard InChI is InChI=1S/C21H18F3N3O2S/c1-30-16-9-5-8-15(10-16)17-11-19(27-13-26-17)25-12-18(14-6-3-2-4-7-14)29-20(28)21(22,23)24/h2-11,13,18H,12H2,1H3,(H,25,26,27)/t18-/m0/s1. The van der Waals surface area contributed by atoms with E-state index < -0.39 is 18.2 Å². The van der Waals surface area contributed by atoms with E-state index in [1.54, 1.807) is 48.2 Å². The molecule has 1 N–H and O–H groups in total. The quantitative estimate of drug-likeness (QED) is 0.412. The van der Waals surface area contributed by atoms with Gasteiger partial charge >= 0.3 is 12.1 Å². The molecule has 0 saturated heterocycles. The Hall–Kier alpha value is -3.07. The molecule has 0 amide bonds. The number of carbonyl (C=O) groups excluding carboxylic acids is 1. The molecule has 1 atom stereocenters. The average molecular weight is 433 g/mol. The monoisotopic (exact) mass is 433 g/mol. The lowest BCUT2D eigenvalue weighted by atomic mass is 10.1. The number of benzene rings is 2. The minimum Gasteiger partial charge on any atom is -0.449 e. The van der Waals surface area contributed by atoms with Crippen LogP contribution in [0.3, 0.4) is 0 Å². The second kappa shape index (κ2) is 9.62. The molecule has 0 spiro atoms. The molecule has 0 radical (unpaired) electrons. The maximum absolute atomic E-state index is 12.7. The number of alkyl halides is 3. The van der Waals surface area contributed by atoms with Crippen molar-refractivity contribution in [3.63, 3.8) is 0 Å². The lowest BCUT2D eigenvalue weighted by molar-refractivity contribution is -0.204. The van der Waals surface area contributed by atoms with E-state index >= 15 is 0 Å². The summed E-state index contributed by atoms with van der Waals surface area (Å²) in [5, 5.41) is 2.94. The summed E-state index contributed by atoms with van der Waals surface area (Å²) in [5.74, 6) is -1.84. The zero-order valence-electron chi connectivity index (χ0n) is 15.9. The molecule has 5 nitrogen and oxygen atoms in total. The van der Waals surface area contributed by atoms with Crippen LogP contribution in [0, 0.1) is 0 Å². The summed E-state index contributed by atoms with van der Waals surface area (Å²) in [6.45, 7) is -0.0901. The summed E-state index contributed by atoms with van der Waals surface area (Å²) in [6, 6.07) is 17.7. The lowest BCUT2D eigenvalue weighted by Gasteiger charge is -2.20. The molecular formula is C21H18F3N3O2S. The lowest BCUT2D eigenvalue weighted by Crippen LogP contribution is -2.29. The molecule has 0 aliphatic carbocycles. The van der Waals surface area contributed by atoms with Gasteiger partial charge in [0.1, 0.15) is 18.2 Å². The molecule has 3 rings (SSSR count). The van der Waals surface area contributed by atoms with Gasteiger partial charge in [-0.1, -0.05) is 42.5 Å². The van der Waals surface area contributed by atoms with Crippen molar-refractivity contribution in [3.05, 3.63) is 72.6 Å². The number of hydrogen-bond donors (Lipinski definition) is 1. The smallest absolute Gasteiger partial charge is 0.449 e. The number of aromatic nitrogens is 2. The molecule has 1 heterocycles. The van der Waals surface area contributed by atoms with E-state index in [4.69, 9.17) is 4.74 Å². The van der Waals surface area contributed by atoms with Gasteiger partial charge in [0.2, 0.25) is 0 Å². The molecule has 0 saturated carbocycles. The first-order valence-corrected chi connectivity index (χ1v) is 10.1. The third kappa shape index (κ3) is 5.73. The van der Waals surface area contributed by atoms with Crippen LogP contribution < -0.4 is 5.32 Å². The van der Waals surface area contributed by atoms with Gasteiger partial charge in [0.25, 0.3) is 0 Å². The molecule has 9 heteroatoms. The number of esters is 1. The van der Waals surface area contributed by atoms with Gasteiger partial charge in [-0.15, -0.1) is 11.8 Å². The van der Waals surface area contributed by atoms with Crippen molar-refractivity contribution < 1.29 is 22.7 Å². The van der Waals surface area contributed by atoms with E-state index in [-0.39, 0.29) is 6.54 Å². The van der Waals surface area contributed by atoms with Gasteiger partial charge in [-0.2, -0.15) is 13.2 Å². The first kappa shape index (κ1) is 21.6. The van der Waals surface area contributed by atoms with E-state index in [1.807, 2.05) is 30.5 Å². The molecular weight excluding hydrogens is 415 g/mol. The molecule has 156 valence electrons. The van der Waals surface area contributed by atoms with E-state index in [0.29, 0.717) is 17.1 Å². The van der Waals surface area contributed by atoms with Crippen LogP contribution in [-0.2, 0) is 9.53 Å². The first-order chi connectivity index (χ1) is 14.4. The largest absolute Gasteiger partial charge is 0.490 e. The van der Waals surface area contributed by atoms with Gasteiger partial charge in [-0.25, -0.2) is 14.8 Å². The van der Waals surface area contributed by atoms with Gasteiger partial charge in [0.15, 0.2) is 0 Å². The highest BCUT2D eigenvalue weighted by molar-refractivity contribution is 7.98. The van der Waals surface area contributed by atoms with E-state index in [1.165, 1.54) is 6.33 Å². The van der Waals surface area contributed by atoms with E-state index in [9.17, 15) is 18.0 Å². The summed E-state index contributed by atoms with van der Waals surface area (Å²) in [4.78, 5) is 20.8. The maximum Gasteiger partial charge on any atom is 0.490 e. The normalized spacial score (nSPS) is 12.3. The van der Waals surface area contributed by atoms with Crippen molar-refractivity contribution in [3.8, 4) is 11.3 Å². The average Bonchev–Trinajstić information content (AvgIpc) is 2.76. The number of rotatable bonds is 7. The highest BCUT2D eigenvalue weighted by Crippen LogP contribution is 2.26. The van der Waals surface area contributed by atoms with Crippen molar-refractivity contribution in [2.24, 2.45) is 0 Å². The molecule has 2 aromatic carbocycles. The number of nitrogens with one attached hydrogen (secondary N) is 1. The van der Waals surface area contributed by atoms with Crippen LogP contribution in [0.4, 0.5) is 19.0 Å². The third-order valence-electron chi connectivity index (χ3n) is 4.15. The summed E-state index contributed by atoms with van der Waals surface area (Å²) < 4.78 is 42.7. The van der Waals surface area contributed by atoms with E-state index in [0.717, 1.165) is 10.5 Å². The second-order valence-electron chi connectivity index (χ2n) is 6.20. The highest BCUT2D eigenvalue weighted by atomic mass is 32.2. The zero-order chi connectivity index (χ0) is 21.6. The SMILES string of the molecule is CSc1cccc(-c2cc(NC[C@H](OC(=O)C(F)(F)F)c3ccccc3)ncn2)c1. The Balaban J connectivity index is 1.77. The van der Waals surface area contributed by atoms with E-state index in [2.05, 4.69) is 15.3 Å². The molecule has 0 aliphatic heterocycles. The topological polar surface area (TPSA) is 64.1 Å². The molecule has 0 unspecified atom stereocenters. The number of carbonyl (C=O) groups is 1. The van der Waals surface area contributed by atoms with Crippen LogP contribution in [0.15, 0.2) is 71.9 Å². The number of halogens is 3. The summed E-state index contributed by atoms with van der Waals surface area (Å²) in [5.41, 5.74) is 1.98. The Morgan fingerprint density at radius 1 is 1.10 bits per heavy atom. The number of anilines is 1. The fourth-order valence-corrected chi connectivity index (χ4v) is 3.14. The molecule has 1 aromatic heterocycles. The number of hydrogen-bond acceptors (Lipinski definition) is 6. The van der Waals surface area contributed by atoms with Gasteiger partial charge in [-0.3, -0.25) is 0 Å². The maximum atomic E-state index is 12.7. The Kier molecular flexibility index (Phi) is 6.94. The molecule has 3 aromatic rings. The Bertz CT molecular complexity index is 1000. The summed E-state index contributed by atoms with van der Waals surface area (Å²) in [6.07, 6.45) is -2.88. The van der Waals surface area contributed by atoms with Crippen molar-refractivity contribution >= 4 is 23.5 Å². The Morgan fingerprint density at radius 3 is 2.57 bits per heavy atom. The van der Waals surface area contributed by atoms with Gasteiger partial charge in [-0.05, 0) is 24.0 Å². The van der Waals surface area contributed by atoms with Crippen LogP contribution >= 0.6 is 11.8 Å². The van der Waals surface area contributed by atoms with Crippen LogP contribution in [0.2, 0.25) is 0 Å². The van der Waals surface area contributed by atoms with Crippen LogP contribution in [0.1, 0.15) is 11.7 Å². The summed E-state index contributed by atoms with van der Waals surface area (Å²) >= 11 is 1.60. The highest BCUT2D eigenvalue weighted by Gasteiger charge is 2.42.